The Hall–Kier alpha value is -3.40. The van der Waals surface area contributed by atoms with Crippen LogP contribution >= 0.6 is 11.6 Å². The van der Waals surface area contributed by atoms with Gasteiger partial charge in [0, 0.05) is 18.7 Å². The monoisotopic (exact) mass is 530 g/mol. The van der Waals surface area contributed by atoms with Crippen LogP contribution in [0.15, 0.2) is 78.5 Å². The maximum absolute atomic E-state index is 14.5. The average Bonchev–Trinajstić information content (AvgIpc) is 2.76. The molecule has 1 N–H and O–H groups in total. The molecule has 0 aliphatic carbocycles. The number of carbonyl (C=O) groups is 1. The fraction of sp³-hybridized carbons (Fsp3) is 0.200. The predicted molar refractivity (Wildman–Crippen MR) is 120 cm³/mol. The Labute approximate surface area is 206 Å². The molecule has 0 spiro atoms. The van der Waals surface area contributed by atoms with Crippen molar-refractivity contribution >= 4 is 17.5 Å². The normalized spacial score (nSPS) is 13.6. The Kier molecular flexibility index (Phi) is 7.78. The van der Waals surface area contributed by atoms with Gasteiger partial charge in [-0.25, -0.2) is 4.39 Å². The molecule has 0 bridgehead atoms. The summed E-state index contributed by atoms with van der Waals surface area (Å²) >= 11 is 5.92. The Morgan fingerprint density at radius 3 is 2.14 bits per heavy atom. The van der Waals surface area contributed by atoms with E-state index in [9.17, 15) is 35.5 Å². The summed E-state index contributed by atoms with van der Waals surface area (Å²) in [5.74, 6) is -2.43. The summed E-state index contributed by atoms with van der Waals surface area (Å²) in [4.78, 5) is 17.0. The van der Waals surface area contributed by atoms with Crippen molar-refractivity contribution in [3.05, 3.63) is 112 Å². The zero-order valence-corrected chi connectivity index (χ0v) is 19.3. The van der Waals surface area contributed by atoms with Gasteiger partial charge in [0.2, 0.25) is 5.91 Å². The number of amides is 1. The predicted octanol–water partition coefficient (Wildman–Crippen LogP) is 6.84. The highest BCUT2D eigenvalue weighted by molar-refractivity contribution is 6.30. The lowest BCUT2D eigenvalue weighted by Crippen LogP contribution is -2.49. The van der Waals surface area contributed by atoms with Gasteiger partial charge in [-0.2, -0.15) is 26.3 Å². The number of carbonyl (C=O) groups excluding carboxylic acids is 1. The highest BCUT2D eigenvalue weighted by Gasteiger charge is 2.51. The SMILES string of the molecule is Cc1cc(F)cc([C@](Cc2ccccc2)(NC(=O)C=C(C(F)(F)F)C(F)(F)F)c2ccc(Cl)cn2)c1. The van der Waals surface area contributed by atoms with Crippen molar-refractivity contribution in [1.82, 2.24) is 10.3 Å². The van der Waals surface area contributed by atoms with Crippen LogP contribution in [0.3, 0.4) is 0 Å². The van der Waals surface area contributed by atoms with E-state index in [0.29, 0.717) is 11.1 Å². The second-order valence-electron chi connectivity index (χ2n) is 7.99. The van der Waals surface area contributed by atoms with Crippen molar-refractivity contribution in [2.75, 3.05) is 0 Å². The molecule has 3 rings (SSSR count). The largest absolute Gasteiger partial charge is 0.421 e. The maximum Gasteiger partial charge on any atom is 0.421 e. The van der Waals surface area contributed by atoms with E-state index in [0.717, 1.165) is 6.07 Å². The van der Waals surface area contributed by atoms with Crippen LogP contribution < -0.4 is 5.32 Å². The minimum absolute atomic E-state index is 0.0167. The number of rotatable bonds is 6. The maximum atomic E-state index is 14.5. The first-order chi connectivity index (χ1) is 16.7. The molecular formula is C25H18ClF7N2O. The molecule has 1 aromatic heterocycles. The number of halogens is 8. The molecule has 3 aromatic rings. The summed E-state index contributed by atoms with van der Waals surface area (Å²) in [5, 5.41) is 2.46. The van der Waals surface area contributed by atoms with E-state index in [2.05, 4.69) is 10.3 Å². The summed E-state index contributed by atoms with van der Waals surface area (Å²) in [6, 6.07) is 14.7. The second-order valence-corrected chi connectivity index (χ2v) is 8.43. The third kappa shape index (κ3) is 6.42. The number of hydrogen-bond donors (Lipinski definition) is 1. The zero-order valence-electron chi connectivity index (χ0n) is 18.5. The number of nitrogens with one attached hydrogen (secondary N) is 1. The van der Waals surface area contributed by atoms with E-state index in [-0.39, 0.29) is 22.7 Å². The van der Waals surface area contributed by atoms with Crippen molar-refractivity contribution in [3.8, 4) is 0 Å². The van der Waals surface area contributed by atoms with Crippen molar-refractivity contribution in [2.24, 2.45) is 0 Å². The van der Waals surface area contributed by atoms with Gasteiger partial charge >= 0.3 is 12.4 Å². The minimum Gasteiger partial charge on any atom is -0.337 e. The number of aromatic nitrogens is 1. The molecule has 0 saturated heterocycles. The van der Waals surface area contributed by atoms with Crippen LogP contribution in [0, 0.1) is 12.7 Å². The van der Waals surface area contributed by atoms with E-state index in [1.165, 1.54) is 30.5 Å². The fourth-order valence-corrected chi connectivity index (χ4v) is 3.85. The molecule has 0 fully saturated rings. The topological polar surface area (TPSA) is 42.0 Å². The summed E-state index contributed by atoms with van der Waals surface area (Å²) in [6.07, 6.45) is -11.2. The van der Waals surface area contributed by atoms with Crippen LogP contribution in [0.5, 0.6) is 0 Å². The molecule has 2 aromatic carbocycles. The van der Waals surface area contributed by atoms with Gasteiger partial charge in [0.15, 0.2) is 0 Å². The number of aryl methyl sites for hydroxylation is 1. The molecule has 1 amide bonds. The quantitative estimate of drug-likeness (QED) is 0.280. The van der Waals surface area contributed by atoms with Gasteiger partial charge in [0.05, 0.1) is 10.7 Å². The van der Waals surface area contributed by atoms with Gasteiger partial charge < -0.3 is 5.32 Å². The Morgan fingerprint density at radius 2 is 1.61 bits per heavy atom. The Balaban J connectivity index is 2.27. The number of hydrogen-bond acceptors (Lipinski definition) is 2. The highest BCUT2D eigenvalue weighted by Crippen LogP contribution is 2.39. The summed E-state index contributed by atoms with van der Waals surface area (Å²) in [7, 11) is 0. The van der Waals surface area contributed by atoms with Gasteiger partial charge in [0.25, 0.3) is 0 Å². The first-order valence-corrected chi connectivity index (χ1v) is 10.7. The number of pyridine rings is 1. The molecular weight excluding hydrogens is 513 g/mol. The van der Waals surface area contributed by atoms with Crippen LogP contribution in [-0.4, -0.2) is 23.2 Å². The Morgan fingerprint density at radius 1 is 0.972 bits per heavy atom. The van der Waals surface area contributed by atoms with E-state index in [4.69, 9.17) is 11.6 Å². The van der Waals surface area contributed by atoms with Crippen molar-refractivity contribution in [2.45, 2.75) is 31.2 Å². The number of benzene rings is 2. The molecule has 1 atom stereocenters. The van der Waals surface area contributed by atoms with Gasteiger partial charge in [-0.3, -0.25) is 9.78 Å². The van der Waals surface area contributed by atoms with E-state index >= 15 is 0 Å². The second kappa shape index (κ2) is 10.3. The van der Waals surface area contributed by atoms with Crippen LogP contribution in [0.1, 0.15) is 22.4 Å². The van der Waals surface area contributed by atoms with Gasteiger partial charge in [-0.15, -0.1) is 0 Å². The van der Waals surface area contributed by atoms with Crippen molar-refractivity contribution in [1.29, 1.82) is 0 Å². The number of alkyl halides is 6. The van der Waals surface area contributed by atoms with Gasteiger partial charge in [-0.05, 0) is 47.9 Å². The summed E-state index contributed by atoms with van der Waals surface area (Å²) in [5.41, 5.74) is -3.85. The minimum atomic E-state index is -5.84. The van der Waals surface area contributed by atoms with Gasteiger partial charge in [-0.1, -0.05) is 48.0 Å². The molecule has 0 aliphatic rings. The third-order valence-corrected chi connectivity index (χ3v) is 5.46. The molecule has 3 nitrogen and oxygen atoms in total. The third-order valence-electron chi connectivity index (χ3n) is 5.23. The first kappa shape index (κ1) is 27.2. The zero-order chi connectivity index (χ0) is 26.7. The Bertz CT molecular complexity index is 1220. The molecule has 0 radical (unpaired) electrons. The first-order valence-electron chi connectivity index (χ1n) is 10.3. The van der Waals surface area contributed by atoms with E-state index in [1.807, 2.05) is 0 Å². The molecule has 36 heavy (non-hydrogen) atoms. The van der Waals surface area contributed by atoms with Crippen molar-refractivity contribution in [3.63, 3.8) is 0 Å². The lowest BCUT2D eigenvalue weighted by molar-refractivity contribution is -0.172. The highest BCUT2D eigenvalue weighted by atomic mass is 35.5. The summed E-state index contributed by atoms with van der Waals surface area (Å²) < 4.78 is 93.1. The molecule has 0 unspecified atom stereocenters. The molecule has 190 valence electrons. The summed E-state index contributed by atoms with van der Waals surface area (Å²) in [6.45, 7) is 1.54. The van der Waals surface area contributed by atoms with Gasteiger partial charge in [0.1, 0.15) is 16.9 Å². The van der Waals surface area contributed by atoms with Crippen LogP contribution in [0.25, 0.3) is 0 Å². The average molecular weight is 531 g/mol. The molecule has 0 saturated carbocycles. The lowest BCUT2D eigenvalue weighted by Gasteiger charge is -2.35. The number of allylic oxidation sites excluding steroid dienone is 1. The van der Waals surface area contributed by atoms with E-state index < -0.39 is 41.3 Å². The molecule has 11 heteroatoms. The smallest absolute Gasteiger partial charge is 0.337 e. The lowest BCUT2D eigenvalue weighted by atomic mass is 9.79. The van der Waals surface area contributed by atoms with Crippen LogP contribution in [0.2, 0.25) is 5.02 Å². The standard InChI is InChI=1S/C25H18ClF7N2O/c1-15-9-17(11-19(27)10-15)23(13-16-5-3-2-4-6-16,21-8-7-18(26)14-34-21)35-22(36)12-20(24(28,29)30)25(31,32)33/h2-12,14H,13H2,1H3,(H,35,36)/t23-/m0/s1. The van der Waals surface area contributed by atoms with Crippen LogP contribution in [0.4, 0.5) is 30.7 Å². The molecule has 0 aliphatic heterocycles. The number of nitrogens with zero attached hydrogens (tertiary/aromatic N) is 1. The molecule has 1 heterocycles. The fourth-order valence-electron chi connectivity index (χ4n) is 3.74. The van der Waals surface area contributed by atoms with Crippen LogP contribution in [-0.2, 0) is 16.8 Å². The van der Waals surface area contributed by atoms with Crippen molar-refractivity contribution < 1.29 is 35.5 Å². The van der Waals surface area contributed by atoms with E-state index in [1.54, 1.807) is 37.3 Å².